The highest BCUT2D eigenvalue weighted by Gasteiger charge is 2.41. The molecule has 5 N–H and O–H groups in total. The van der Waals surface area contributed by atoms with E-state index in [4.69, 9.17) is 11.5 Å². The molecule has 5 aromatic heterocycles. The molecule has 10 aromatic carbocycles. The van der Waals surface area contributed by atoms with Crippen molar-refractivity contribution in [2.24, 2.45) is 11.5 Å². The van der Waals surface area contributed by atoms with Crippen LogP contribution in [-0.4, -0.2) is 51.1 Å². The van der Waals surface area contributed by atoms with Crippen molar-refractivity contribution in [1.82, 2.24) is 22.6 Å². The Balaban J connectivity index is 0.000000186. The third-order valence-electron chi connectivity index (χ3n) is 25.9. The molecular weight excluding hydrogens is 1650 g/mol. The van der Waals surface area contributed by atoms with E-state index in [0.29, 0.717) is 5.04 Å². The van der Waals surface area contributed by atoms with Gasteiger partial charge in [0.1, 0.15) is 0 Å². The average molecular weight is 1780 g/mol. The van der Waals surface area contributed by atoms with Crippen molar-refractivity contribution >= 4 is 171 Å². The molecule has 602 valence electrons. The summed E-state index contributed by atoms with van der Waals surface area (Å²) < 4.78 is 13.1. The van der Waals surface area contributed by atoms with Crippen molar-refractivity contribution in [3.05, 3.63) is 223 Å². The maximum Gasteiger partial charge on any atom is 0.161 e. The molecule has 1 fully saturated rings. The molecule has 0 unspecified atom stereocenters. The molecule has 0 saturated heterocycles. The molecule has 1 saturated carbocycles. The minimum atomic E-state index is -2.09. The number of halogens is 2. The molecule has 0 bridgehead atoms. The van der Waals surface area contributed by atoms with Gasteiger partial charge >= 0.3 is 0 Å². The molecule has 2 atom stereocenters. The van der Waals surface area contributed by atoms with E-state index in [1.165, 1.54) is 174 Å². The highest BCUT2D eigenvalue weighted by atomic mass is 127. The fourth-order valence-electron chi connectivity index (χ4n) is 16.6. The van der Waals surface area contributed by atoms with E-state index in [2.05, 4.69) is 442 Å². The summed E-state index contributed by atoms with van der Waals surface area (Å²) in [5, 5.41) is 13.8. The number of nitrogens with zero attached hydrogens (tertiary/aromatic N) is 4. The number of fused-ring (bicyclic) bond motifs is 15. The van der Waals surface area contributed by atoms with Crippen LogP contribution in [0.25, 0.3) is 120 Å². The lowest BCUT2D eigenvalue weighted by molar-refractivity contribution is 0.385. The molecule has 0 aliphatic heterocycles. The maximum absolute atomic E-state index is 5.65. The normalized spacial score (nSPS) is 15.3. The SMILES string of the molecule is C.CC(C)(C)[Si](C)(C)n1c2ccc(I)cc2c2cc(I)ccc21.CC(C)(C)c1ccc2[nH]c3ccc(C(C)(C)C)cc3c2c1.CC(C)(C)c1ccc2c(c1)c1cc(C(C)(C)C)ccc1n2-c1ccc2c(c1)c1cc(-n3c4ccc(C(C)(C)C)cc4c4cc(C(C)(C)C)ccc43)ccc1n2[Si](C)(C)C(C)(C)C.N[C@H]1CCCC[C@@H]1N. The Hall–Kier alpha value is -6.99. The van der Waals surface area contributed by atoms with E-state index in [1.54, 1.807) is 0 Å². The summed E-state index contributed by atoms with van der Waals surface area (Å²) in [6.07, 6.45) is 4.80. The van der Waals surface area contributed by atoms with Crippen LogP contribution in [0.3, 0.4) is 0 Å². The zero-order chi connectivity index (χ0) is 82.5. The number of rotatable bonds is 4. The number of nitrogens with one attached hydrogen (secondary N) is 1. The van der Waals surface area contributed by atoms with Gasteiger partial charge in [-0.2, -0.15) is 0 Å². The van der Waals surface area contributed by atoms with Crippen LogP contribution in [0.2, 0.25) is 36.3 Å². The number of benzene rings is 10. The molecule has 7 nitrogen and oxygen atoms in total. The van der Waals surface area contributed by atoms with Crippen LogP contribution in [0.15, 0.2) is 182 Å². The standard InChI is InChI=1S/C58H69N3Si.C20H25N.C18H21I2NSi.C6H14N2.CH4/c1-54(2,3)36-18-24-48-42(30-36)43-31-37(55(4,5)6)19-25-49(43)59(48)40-22-28-52-46(34-40)47-35-41(23-29-53(47)61(52)62(16,17)58(13,14)15)60-50-26-20-38(56(7,8)9)32-44(50)45-33-39(57(10,11)12)21-27-51(45)60;1-19(2,3)13-7-9-17-15(11-13)16-12-14(20(4,5)6)8-10-18(16)21-17;1-18(2,3)22(4,5)21-16-8-6-12(19)10-14(16)15-11-13(20)7-9-17(15)21;7-5-3-1-2-4-6(5)8;/h18-35H,1-17H3;7-12,21H,1-6H3;6-11H,1-5H3;5-6H,1-4,7-8H2;1H4/t;;;5-,6-;/m...0./s1. The first-order valence-corrected chi connectivity index (χ1v) is 49.6. The molecular formula is C103H133I2N7Si2. The zero-order valence-electron chi connectivity index (χ0n) is 73.5. The van der Waals surface area contributed by atoms with Crippen LogP contribution in [0.1, 0.15) is 233 Å². The Morgan fingerprint density at radius 3 is 0.754 bits per heavy atom. The second-order valence-electron chi connectivity index (χ2n) is 42.4. The highest BCUT2D eigenvalue weighted by Crippen LogP contribution is 2.48. The van der Waals surface area contributed by atoms with Gasteiger partial charge in [0, 0.05) is 118 Å². The van der Waals surface area contributed by atoms with Gasteiger partial charge in [0.25, 0.3) is 0 Å². The second-order valence-corrected chi connectivity index (χ2v) is 55.0. The minimum Gasteiger partial charge on any atom is -0.368 e. The molecule has 1 aliphatic carbocycles. The van der Waals surface area contributed by atoms with E-state index >= 15 is 0 Å². The van der Waals surface area contributed by atoms with Crippen LogP contribution < -0.4 is 11.5 Å². The Morgan fingerprint density at radius 2 is 0.509 bits per heavy atom. The molecule has 16 rings (SSSR count). The van der Waals surface area contributed by atoms with Gasteiger partial charge in [-0.1, -0.05) is 249 Å². The van der Waals surface area contributed by atoms with Crippen LogP contribution >= 0.6 is 45.2 Å². The summed E-state index contributed by atoms with van der Waals surface area (Å²) in [6.45, 7) is 66.0. The number of aromatic nitrogens is 5. The molecule has 0 spiro atoms. The van der Waals surface area contributed by atoms with E-state index in [1.807, 2.05) is 0 Å². The van der Waals surface area contributed by atoms with Crippen molar-refractivity contribution in [3.8, 4) is 11.4 Å². The Kier molecular flexibility index (Phi) is 23.1. The number of H-pyrrole nitrogens is 1. The molecule has 11 heteroatoms. The first-order chi connectivity index (χ1) is 52.2. The Bertz CT molecular complexity index is 5670. The van der Waals surface area contributed by atoms with E-state index in [0.717, 1.165) is 12.8 Å². The summed E-state index contributed by atoms with van der Waals surface area (Å²) in [7, 11) is -3.77. The predicted molar refractivity (Wildman–Crippen MR) is 527 cm³/mol. The van der Waals surface area contributed by atoms with Gasteiger partial charge in [-0.3, -0.25) is 0 Å². The van der Waals surface area contributed by atoms with E-state index in [9.17, 15) is 0 Å². The fraction of sp³-hybridized carbons (Fsp3) is 0.417. The topological polar surface area (TPSA) is 87.5 Å². The lowest BCUT2D eigenvalue weighted by Crippen LogP contribution is -2.45. The number of hydrogen-bond acceptors (Lipinski definition) is 2. The smallest absolute Gasteiger partial charge is 0.161 e. The monoisotopic (exact) mass is 1780 g/mol. The van der Waals surface area contributed by atoms with E-state index in [-0.39, 0.29) is 57.0 Å². The highest BCUT2D eigenvalue weighted by molar-refractivity contribution is 14.1. The fourth-order valence-corrected chi connectivity index (χ4v) is 22.1. The molecule has 0 amide bonds. The number of aromatic amines is 1. The summed E-state index contributed by atoms with van der Waals surface area (Å²) >= 11 is 4.83. The number of hydrogen-bond donors (Lipinski definition) is 3. The van der Waals surface area contributed by atoms with Gasteiger partial charge in [-0.25, -0.2) is 0 Å². The van der Waals surface area contributed by atoms with Crippen LogP contribution in [0.5, 0.6) is 0 Å². The van der Waals surface area contributed by atoms with Crippen molar-refractivity contribution < 1.29 is 0 Å². The first-order valence-electron chi connectivity index (χ1n) is 41.5. The lowest BCUT2D eigenvalue weighted by atomic mass is 9.85. The van der Waals surface area contributed by atoms with Crippen LogP contribution in [-0.2, 0) is 32.5 Å². The minimum absolute atomic E-state index is 0. The predicted octanol–water partition coefficient (Wildman–Crippen LogP) is 30.7. The van der Waals surface area contributed by atoms with Gasteiger partial charge < -0.3 is 34.1 Å². The lowest BCUT2D eigenvalue weighted by Gasteiger charge is -2.39. The largest absolute Gasteiger partial charge is 0.368 e. The maximum atomic E-state index is 5.65. The van der Waals surface area contributed by atoms with E-state index < -0.39 is 16.5 Å². The van der Waals surface area contributed by atoms with Crippen molar-refractivity contribution in [2.75, 3.05) is 0 Å². The van der Waals surface area contributed by atoms with Gasteiger partial charge in [0.05, 0.1) is 22.1 Å². The first kappa shape index (κ1) is 86.4. The van der Waals surface area contributed by atoms with Crippen molar-refractivity contribution in [1.29, 1.82) is 0 Å². The van der Waals surface area contributed by atoms with Crippen molar-refractivity contribution in [3.63, 3.8) is 0 Å². The molecule has 1 aliphatic rings. The quantitative estimate of drug-likeness (QED) is 0.121. The third-order valence-corrected chi connectivity index (χ3v) is 37.8. The van der Waals surface area contributed by atoms with Crippen molar-refractivity contribution in [2.45, 2.75) is 280 Å². The molecule has 0 radical (unpaired) electrons. The molecule has 15 aromatic rings. The summed E-state index contributed by atoms with van der Waals surface area (Å²) in [5.41, 5.74) is 35.4. The Labute approximate surface area is 712 Å². The van der Waals surface area contributed by atoms with Gasteiger partial charge in [0.15, 0.2) is 16.5 Å². The van der Waals surface area contributed by atoms with Crippen LogP contribution in [0.4, 0.5) is 0 Å². The van der Waals surface area contributed by atoms with Crippen LogP contribution in [0, 0.1) is 7.14 Å². The zero-order valence-corrected chi connectivity index (χ0v) is 79.8. The summed E-state index contributed by atoms with van der Waals surface area (Å²) in [4.78, 5) is 3.54. The third kappa shape index (κ3) is 16.3. The average Bonchev–Trinajstić information content (AvgIpc) is 1.55. The number of nitrogens with two attached hydrogens (primary N) is 2. The Morgan fingerprint density at radius 1 is 0.289 bits per heavy atom. The van der Waals surface area contributed by atoms with Gasteiger partial charge in [-0.05, 0) is 280 Å². The molecule has 5 heterocycles. The summed E-state index contributed by atoms with van der Waals surface area (Å²) in [5.74, 6) is 0. The molecule has 114 heavy (non-hydrogen) atoms. The van der Waals surface area contributed by atoms with Gasteiger partial charge in [0.2, 0.25) is 0 Å². The van der Waals surface area contributed by atoms with Gasteiger partial charge in [-0.15, -0.1) is 0 Å². The second kappa shape index (κ2) is 30.4. The summed E-state index contributed by atoms with van der Waals surface area (Å²) in [6, 6.07) is 71.2.